The Morgan fingerprint density at radius 2 is 1.90 bits per heavy atom. The molecule has 0 saturated heterocycles. The van der Waals surface area contributed by atoms with Crippen LogP contribution in [0.25, 0.3) is 0 Å². The fourth-order valence-corrected chi connectivity index (χ4v) is 4.32. The minimum Gasteiger partial charge on any atom is -0.388 e. The Hall–Kier alpha value is -1.56. The minimum atomic E-state index is -3.68. The fourth-order valence-electron chi connectivity index (χ4n) is 2.52. The third-order valence-corrected chi connectivity index (χ3v) is 5.60. The van der Waals surface area contributed by atoms with Gasteiger partial charge in [-0.25, -0.2) is 8.42 Å². The van der Waals surface area contributed by atoms with E-state index in [2.05, 4.69) is 0 Å². The van der Waals surface area contributed by atoms with E-state index in [1.165, 1.54) is 16.4 Å². The van der Waals surface area contributed by atoms with Crippen molar-refractivity contribution in [3.05, 3.63) is 59.1 Å². The first-order valence-electron chi connectivity index (χ1n) is 6.55. The summed E-state index contributed by atoms with van der Waals surface area (Å²) in [6, 6.07) is 13.2. The Balaban J connectivity index is 2.11. The van der Waals surface area contributed by atoms with E-state index in [9.17, 15) is 13.5 Å². The summed E-state index contributed by atoms with van der Waals surface area (Å²) in [5.41, 5.74) is 1.16. The number of benzene rings is 2. The Labute approximate surface area is 128 Å². The molecule has 21 heavy (non-hydrogen) atoms. The van der Waals surface area contributed by atoms with Crippen molar-refractivity contribution in [2.24, 2.45) is 0 Å². The van der Waals surface area contributed by atoms with Crippen LogP contribution in [-0.4, -0.2) is 20.1 Å². The zero-order chi connectivity index (χ0) is 15.0. The second-order valence-corrected chi connectivity index (χ2v) is 7.20. The van der Waals surface area contributed by atoms with Gasteiger partial charge in [0, 0.05) is 17.1 Å². The molecule has 1 atom stereocenters. The van der Waals surface area contributed by atoms with Crippen molar-refractivity contribution in [3.8, 4) is 0 Å². The van der Waals surface area contributed by atoms with Gasteiger partial charge in [-0.2, -0.15) is 0 Å². The summed E-state index contributed by atoms with van der Waals surface area (Å²) < 4.78 is 26.9. The van der Waals surface area contributed by atoms with Crippen LogP contribution in [0.5, 0.6) is 0 Å². The standard InChI is InChI=1S/C15H14ClNO3S/c16-11-4-3-5-12(10-11)21(19,20)17-9-8-15(18)13-6-1-2-7-14(13)17/h1-7,10,15,18H,8-9H2. The van der Waals surface area contributed by atoms with Crippen LogP contribution < -0.4 is 4.31 Å². The van der Waals surface area contributed by atoms with Gasteiger partial charge in [-0.3, -0.25) is 4.31 Å². The van der Waals surface area contributed by atoms with Gasteiger partial charge in [0.2, 0.25) is 0 Å². The third-order valence-electron chi connectivity index (χ3n) is 3.55. The summed E-state index contributed by atoms with van der Waals surface area (Å²) in [6.45, 7) is 0.243. The molecule has 0 amide bonds. The van der Waals surface area contributed by atoms with Crippen LogP contribution in [-0.2, 0) is 10.0 Å². The zero-order valence-electron chi connectivity index (χ0n) is 11.1. The molecule has 1 N–H and O–H groups in total. The van der Waals surface area contributed by atoms with Gasteiger partial charge >= 0.3 is 0 Å². The van der Waals surface area contributed by atoms with Crippen LogP contribution in [0.3, 0.4) is 0 Å². The van der Waals surface area contributed by atoms with Crippen LogP contribution in [0, 0.1) is 0 Å². The van der Waals surface area contributed by atoms with Crippen LogP contribution in [0.2, 0.25) is 5.02 Å². The molecule has 0 radical (unpaired) electrons. The van der Waals surface area contributed by atoms with Crippen molar-refractivity contribution in [2.75, 3.05) is 10.8 Å². The molecule has 6 heteroatoms. The topological polar surface area (TPSA) is 57.6 Å². The van der Waals surface area contributed by atoms with Gasteiger partial charge in [-0.05, 0) is 30.7 Å². The fraction of sp³-hybridized carbons (Fsp3) is 0.200. The van der Waals surface area contributed by atoms with E-state index < -0.39 is 16.1 Å². The number of hydrogen-bond acceptors (Lipinski definition) is 3. The molecule has 0 saturated carbocycles. The van der Waals surface area contributed by atoms with Gasteiger partial charge < -0.3 is 5.11 Å². The number of fused-ring (bicyclic) bond motifs is 1. The maximum absolute atomic E-state index is 12.8. The van der Waals surface area contributed by atoms with Crippen LogP contribution >= 0.6 is 11.6 Å². The van der Waals surface area contributed by atoms with Gasteiger partial charge in [0.15, 0.2) is 0 Å². The Morgan fingerprint density at radius 3 is 2.67 bits per heavy atom. The molecular formula is C15H14ClNO3S. The first kappa shape index (κ1) is 14.4. The smallest absolute Gasteiger partial charge is 0.264 e. The lowest BCUT2D eigenvalue weighted by atomic mass is 10.0. The number of nitrogens with zero attached hydrogens (tertiary/aromatic N) is 1. The second-order valence-electron chi connectivity index (χ2n) is 4.90. The van der Waals surface area contributed by atoms with Crippen molar-refractivity contribution in [3.63, 3.8) is 0 Å². The number of hydrogen-bond donors (Lipinski definition) is 1. The summed E-state index contributed by atoms with van der Waals surface area (Å²) in [5.74, 6) is 0. The molecule has 0 aliphatic carbocycles. The lowest BCUT2D eigenvalue weighted by Gasteiger charge is -2.32. The van der Waals surface area contributed by atoms with E-state index in [4.69, 9.17) is 11.6 Å². The monoisotopic (exact) mass is 323 g/mol. The number of rotatable bonds is 2. The molecule has 4 nitrogen and oxygen atoms in total. The van der Waals surface area contributed by atoms with Gasteiger partial charge in [0.25, 0.3) is 10.0 Å². The summed E-state index contributed by atoms with van der Waals surface area (Å²) >= 11 is 5.89. The van der Waals surface area contributed by atoms with E-state index in [1.54, 1.807) is 36.4 Å². The highest BCUT2D eigenvalue weighted by Gasteiger charge is 2.32. The van der Waals surface area contributed by atoms with Gasteiger partial charge in [-0.15, -0.1) is 0 Å². The molecule has 0 spiro atoms. The molecule has 1 aliphatic rings. The average molecular weight is 324 g/mol. The predicted octanol–water partition coefficient (Wildman–Crippen LogP) is 2.97. The molecule has 110 valence electrons. The largest absolute Gasteiger partial charge is 0.388 e. The van der Waals surface area contributed by atoms with E-state index in [0.717, 1.165) is 0 Å². The minimum absolute atomic E-state index is 0.154. The highest BCUT2D eigenvalue weighted by molar-refractivity contribution is 7.92. The molecule has 2 aromatic carbocycles. The quantitative estimate of drug-likeness (QED) is 0.924. The average Bonchev–Trinajstić information content (AvgIpc) is 2.47. The number of anilines is 1. The van der Waals surface area contributed by atoms with Crippen LogP contribution in [0.4, 0.5) is 5.69 Å². The number of aliphatic hydroxyl groups is 1. The molecule has 1 heterocycles. The zero-order valence-corrected chi connectivity index (χ0v) is 12.7. The SMILES string of the molecule is O=S(=O)(c1cccc(Cl)c1)N1CCC(O)c2ccccc21. The van der Waals surface area contributed by atoms with E-state index in [1.807, 2.05) is 0 Å². The van der Waals surface area contributed by atoms with Crippen molar-refractivity contribution in [2.45, 2.75) is 17.4 Å². The molecule has 0 aromatic heterocycles. The maximum atomic E-state index is 12.8. The number of sulfonamides is 1. The Kier molecular flexibility index (Phi) is 3.65. The van der Waals surface area contributed by atoms with Gasteiger partial charge in [0.1, 0.15) is 0 Å². The van der Waals surface area contributed by atoms with Crippen molar-refractivity contribution in [1.29, 1.82) is 0 Å². The number of para-hydroxylation sites is 1. The summed E-state index contributed by atoms with van der Waals surface area (Å²) in [5, 5.41) is 10.4. The van der Waals surface area contributed by atoms with E-state index in [-0.39, 0.29) is 11.4 Å². The molecular weight excluding hydrogens is 310 g/mol. The molecule has 3 rings (SSSR count). The molecule has 1 unspecified atom stereocenters. The molecule has 0 bridgehead atoms. The lowest BCUT2D eigenvalue weighted by Crippen LogP contribution is -2.36. The van der Waals surface area contributed by atoms with Gasteiger partial charge in [0.05, 0.1) is 16.7 Å². The summed E-state index contributed by atoms with van der Waals surface area (Å²) in [6.07, 6.45) is -0.261. The Bertz CT molecular complexity index is 776. The molecule has 2 aromatic rings. The van der Waals surface area contributed by atoms with Crippen molar-refractivity contribution in [1.82, 2.24) is 0 Å². The van der Waals surface area contributed by atoms with E-state index >= 15 is 0 Å². The lowest BCUT2D eigenvalue weighted by molar-refractivity contribution is 0.166. The van der Waals surface area contributed by atoms with Crippen LogP contribution in [0.1, 0.15) is 18.1 Å². The molecule has 1 aliphatic heterocycles. The first-order chi connectivity index (χ1) is 10.00. The number of aliphatic hydroxyl groups excluding tert-OH is 1. The summed E-state index contributed by atoms with van der Waals surface area (Å²) in [4.78, 5) is 0.154. The highest BCUT2D eigenvalue weighted by atomic mass is 35.5. The van der Waals surface area contributed by atoms with E-state index in [0.29, 0.717) is 22.7 Å². The number of halogens is 1. The third kappa shape index (κ3) is 2.52. The molecule has 0 fully saturated rings. The Morgan fingerprint density at radius 1 is 1.14 bits per heavy atom. The maximum Gasteiger partial charge on any atom is 0.264 e. The normalized spacial score (nSPS) is 18.4. The van der Waals surface area contributed by atoms with Gasteiger partial charge in [-0.1, -0.05) is 35.9 Å². The summed E-state index contributed by atoms with van der Waals surface area (Å²) in [7, 11) is -3.68. The highest BCUT2D eigenvalue weighted by Crippen LogP contribution is 2.36. The van der Waals surface area contributed by atoms with Crippen molar-refractivity contribution >= 4 is 27.3 Å². The second kappa shape index (κ2) is 5.33. The van der Waals surface area contributed by atoms with Crippen LogP contribution in [0.15, 0.2) is 53.4 Å². The first-order valence-corrected chi connectivity index (χ1v) is 8.37. The van der Waals surface area contributed by atoms with Crippen molar-refractivity contribution < 1.29 is 13.5 Å². The predicted molar refractivity (Wildman–Crippen MR) is 82.0 cm³/mol.